The van der Waals surface area contributed by atoms with E-state index >= 15 is 0 Å². The number of halogens is 2. The zero-order chi connectivity index (χ0) is 13.9. The fraction of sp³-hybridized carbons (Fsp3) is 0.769. The van der Waals surface area contributed by atoms with Gasteiger partial charge in [-0.3, -0.25) is 0 Å². The van der Waals surface area contributed by atoms with Crippen molar-refractivity contribution in [3.63, 3.8) is 0 Å². The van der Waals surface area contributed by atoms with E-state index < -0.39 is 18.0 Å². The van der Waals surface area contributed by atoms with Crippen molar-refractivity contribution in [2.24, 2.45) is 0 Å². The lowest BCUT2D eigenvalue weighted by Gasteiger charge is -2.30. The molecule has 1 heterocycles. The molecule has 0 radical (unpaired) electrons. The number of carbonyl (C=O) groups is 1. The predicted octanol–water partition coefficient (Wildman–Crippen LogP) is 2.21. The van der Waals surface area contributed by atoms with Gasteiger partial charge in [0.05, 0.1) is 12.1 Å². The van der Waals surface area contributed by atoms with Crippen LogP contribution in [0.2, 0.25) is 0 Å². The summed E-state index contributed by atoms with van der Waals surface area (Å²) in [5.74, 6) is -2.66. The number of hydrogen-bond donors (Lipinski definition) is 2. The van der Waals surface area contributed by atoms with Gasteiger partial charge in [-0.25, -0.2) is 13.6 Å². The van der Waals surface area contributed by atoms with E-state index in [9.17, 15) is 13.6 Å². The molecule has 0 aromatic heterocycles. The lowest BCUT2D eigenvalue weighted by atomic mass is 9.92. The largest absolute Gasteiger partial charge is 0.372 e. The van der Waals surface area contributed by atoms with Crippen LogP contribution in [0.1, 0.15) is 32.1 Å². The lowest BCUT2D eigenvalue weighted by Crippen LogP contribution is -2.50. The molecule has 19 heavy (non-hydrogen) atoms. The molecule has 2 aliphatic rings. The molecule has 4 nitrogen and oxygen atoms in total. The maximum absolute atomic E-state index is 13.2. The Hall–Kier alpha value is -1.17. The van der Waals surface area contributed by atoms with Crippen LogP contribution in [0.4, 0.5) is 13.6 Å². The fourth-order valence-electron chi connectivity index (χ4n) is 2.69. The zero-order valence-corrected chi connectivity index (χ0v) is 10.8. The SMILES string of the molecule is C=C[C@@H]1OCC[C@H]1NC(=O)NC1CCCC(F)(F)C1. The molecule has 2 N–H and O–H groups in total. The van der Waals surface area contributed by atoms with Gasteiger partial charge in [0, 0.05) is 25.5 Å². The van der Waals surface area contributed by atoms with Crippen LogP contribution < -0.4 is 10.6 Å². The van der Waals surface area contributed by atoms with Gasteiger partial charge in [-0.15, -0.1) is 6.58 Å². The molecule has 3 atom stereocenters. The molecular weight excluding hydrogens is 254 g/mol. The van der Waals surface area contributed by atoms with Crippen LogP contribution in [0, 0.1) is 0 Å². The Morgan fingerprint density at radius 2 is 2.16 bits per heavy atom. The van der Waals surface area contributed by atoms with Gasteiger partial charge in [0.15, 0.2) is 0 Å². The third kappa shape index (κ3) is 3.89. The quantitative estimate of drug-likeness (QED) is 0.775. The number of nitrogens with one attached hydrogen (secondary N) is 2. The van der Waals surface area contributed by atoms with Gasteiger partial charge in [-0.05, 0) is 19.3 Å². The summed E-state index contributed by atoms with van der Waals surface area (Å²) in [7, 11) is 0. The second-order valence-corrected chi connectivity index (χ2v) is 5.23. The Morgan fingerprint density at radius 3 is 2.84 bits per heavy atom. The molecule has 0 aromatic rings. The first-order chi connectivity index (χ1) is 9.00. The summed E-state index contributed by atoms with van der Waals surface area (Å²) in [6.45, 7) is 4.21. The van der Waals surface area contributed by atoms with Crippen molar-refractivity contribution in [1.82, 2.24) is 10.6 Å². The molecule has 1 aliphatic heterocycles. The number of urea groups is 1. The van der Waals surface area contributed by atoms with Crippen molar-refractivity contribution in [3.8, 4) is 0 Å². The summed E-state index contributed by atoms with van der Waals surface area (Å²) in [5, 5.41) is 5.39. The first kappa shape index (κ1) is 14.2. The van der Waals surface area contributed by atoms with Crippen LogP contribution in [0.3, 0.4) is 0 Å². The van der Waals surface area contributed by atoms with Crippen LogP contribution in [-0.4, -0.2) is 36.7 Å². The van der Waals surface area contributed by atoms with E-state index in [0.717, 1.165) is 0 Å². The highest BCUT2D eigenvalue weighted by molar-refractivity contribution is 5.74. The van der Waals surface area contributed by atoms with E-state index in [2.05, 4.69) is 17.2 Å². The van der Waals surface area contributed by atoms with Crippen molar-refractivity contribution in [2.75, 3.05) is 6.61 Å². The van der Waals surface area contributed by atoms with Crippen LogP contribution >= 0.6 is 0 Å². The summed E-state index contributed by atoms with van der Waals surface area (Å²) >= 11 is 0. The normalized spacial score (nSPS) is 33.7. The molecule has 0 bridgehead atoms. The van der Waals surface area contributed by atoms with Gasteiger partial charge in [0.2, 0.25) is 5.92 Å². The second kappa shape index (κ2) is 5.86. The average Bonchev–Trinajstić information content (AvgIpc) is 2.74. The molecule has 1 unspecified atom stereocenters. The standard InChI is InChI=1S/C13H20F2N2O2/c1-2-11-10(5-7-19-11)17-12(18)16-9-4-3-6-13(14,15)8-9/h2,9-11H,1,3-8H2,(H2,16,17,18)/t9?,10-,11+/m1/s1. The van der Waals surface area contributed by atoms with Crippen molar-refractivity contribution < 1.29 is 18.3 Å². The van der Waals surface area contributed by atoms with Crippen molar-refractivity contribution in [1.29, 1.82) is 0 Å². The Morgan fingerprint density at radius 1 is 1.37 bits per heavy atom. The minimum Gasteiger partial charge on any atom is -0.372 e. The van der Waals surface area contributed by atoms with Crippen molar-refractivity contribution in [3.05, 3.63) is 12.7 Å². The van der Waals surface area contributed by atoms with Crippen molar-refractivity contribution in [2.45, 2.75) is 56.2 Å². The highest BCUT2D eigenvalue weighted by Gasteiger charge is 2.37. The van der Waals surface area contributed by atoms with E-state index in [1.54, 1.807) is 6.08 Å². The summed E-state index contributed by atoms with van der Waals surface area (Å²) < 4.78 is 31.8. The summed E-state index contributed by atoms with van der Waals surface area (Å²) in [4.78, 5) is 11.8. The monoisotopic (exact) mass is 274 g/mol. The maximum atomic E-state index is 13.2. The average molecular weight is 274 g/mol. The lowest BCUT2D eigenvalue weighted by molar-refractivity contribution is -0.0425. The topological polar surface area (TPSA) is 50.4 Å². The minimum absolute atomic E-state index is 0.0815. The molecule has 2 rings (SSSR count). The van der Waals surface area contributed by atoms with Gasteiger partial charge in [0.1, 0.15) is 0 Å². The highest BCUT2D eigenvalue weighted by atomic mass is 19.3. The number of carbonyl (C=O) groups excluding carboxylic acids is 1. The Balaban J connectivity index is 1.79. The Labute approximate surface area is 111 Å². The third-order valence-electron chi connectivity index (χ3n) is 3.66. The van der Waals surface area contributed by atoms with Gasteiger partial charge < -0.3 is 15.4 Å². The van der Waals surface area contributed by atoms with E-state index in [0.29, 0.717) is 25.9 Å². The molecular formula is C13H20F2N2O2. The number of hydrogen-bond acceptors (Lipinski definition) is 2. The number of alkyl halides is 2. The van der Waals surface area contributed by atoms with Crippen LogP contribution in [0.25, 0.3) is 0 Å². The van der Waals surface area contributed by atoms with Crippen LogP contribution in [-0.2, 0) is 4.74 Å². The van der Waals surface area contributed by atoms with E-state index in [4.69, 9.17) is 4.74 Å². The van der Waals surface area contributed by atoms with Gasteiger partial charge in [0.25, 0.3) is 0 Å². The molecule has 2 amide bonds. The van der Waals surface area contributed by atoms with Crippen LogP contribution in [0.5, 0.6) is 0 Å². The van der Waals surface area contributed by atoms with E-state index in [1.165, 1.54) is 0 Å². The fourth-order valence-corrected chi connectivity index (χ4v) is 2.69. The Bertz CT molecular complexity index is 350. The van der Waals surface area contributed by atoms with E-state index in [1.807, 2.05) is 0 Å². The molecule has 1 saturated carbocycles. The molecule has 0 aromatic carbocycles. The first-order valence-corrected chi connectivity index (χ1v) is 6.69. The molecule has 2 fully saturated rings. The minimum atomic E-state index is -2.66. The first-order valence-electron chi connectivity index (χ1n) is 6.69. The summed E-state index contributed by atoms with van der Waals surface area (Å²) in [6.07, 6.45) is 2.86. The number of amides is 2. The maximum Gasteiger partial charge on any atom is 0.315 e. The summed E-state index contributed by atoms with van der Waals surface area (Å²) in [5.41, 5.74) is 0. The van der Waals surface area contributed by atoms with Gasteiger partial charge >= 0.3 is 6.03 Å². The van der Waals surface area contributed by atoms with Crippen molar-refractivity contribution >= 4 is 6.03 Å². The van der Waals surface area contributed by atoms with Gasteiger partial charge in [-0.1, -0.05) is 6.08 Å². The number of ether oxygens (including phenoxy) is 1. The zero-order valence-electron chi connectivity index (χ0n) is 10.8. The highest BCUT2D eigenvalue weighted by Crippen LogP contribution is 2.33. The Kier molecular flexibility index (Phi) is 4.39. The molecule has 108 valence electrons. The predicted molar refractivity (Wildman–Crippen MR) is 67.2 cm³/mol. The molecule has 0 spiro atoms. The van der Waals surface area contributed by atoms with E-state index in [-0.39, 0.29) is 25.0 Å². The smallest absolute Gasteiger partial charge is 0.315 e. The second-order valence-electron chi connectivity index (χ2n) is 5.23. The summed E-state index contributed by atoms with van der Waals surface area (Å²) in [6, 6.07) is -0.972. The molecule has 1 aliphatic carbocycles. The third-order valence-corrected chi connectivity index (χ3v) is 3.66. The molecule has 6 heteroatoms. The molecule has 1 saturated heterocycles. The van der Waals surface area contributed by atoms with Gasteiger partial charge in [-0.2, -0.15) is 0 Å². The number of rotatable bonds is 3. The van der Waals surface area contributed by atoms with Crippen LogP contribution in [0.15, 0.2) is 12.7 Å².